The van der Waals surface area contributed by atoms with Gasteiger partial charge in [0.2, 0.25) is 0 Å². The molecule has 0 aliphatic carbocycles. The molecule has 0 radical (unpaired) electrons. The van der Waals surface area contributed by atoms with Crippen molar-refractivity contribution in [2.24, 2.45) is 0 Å². The number of fused-ring (bicyclic) bond motifs is 8. The molecule has 2 aromatic heterocycles. The van der Waals surface area contributed by atoms with E-state index < -0.39 is 0 Å². The van der Waals surface area contributed by atoms with Crippen LogP contribution in [0.1, 0.15) is 11.1 Å². The number of hydrogen-bond acceptors (Lipinski definition) is 6. The number of hydrogen-bond donors (Lipinski definition) is 0. The van der Waals surface area contributed by atoms with Gasteiger partial charge in [0.25, 0.3) is 0 Å². The average Bonchev–Trinajstić information content (AvgIpc) is 3.92. The third-order valence-electron chi connectivity index (χ3n) is 13.3. The lowest BCUT2D eigenvalue weighted by molar-refractivity contribution is 0.482. The number of anilines is 6. The Morgan fingerprint density at radius 2 is 0.643 bits per heavy atom. The summed E-state index contributed by atoms with van der Waals surface area (Å²) in [6.45, 7) is 4.30. The number of rotatable bonds is 10. The second kappa shape index (κ2) is 16.8. The summed E-state index contributed by atoms with van der Waals surface area (Å²) < 4.78 is 25.6. The normalized spacial score (nSPS) is 11.6. The molecule has 70 heavy (non-hydrogen) atoms. The summed E-state index contributed by atoms with van der Waals surface area (Å²) in [6.07, 6.45) is 0. The van der Waals surface area contributed by atoms with Crippen LogP contribution in [0.4, 0.5) is 34.1 Å². The summed E-state index contributed by atoms with van der Waals surface area (Å²) in [6, 6.07) is 79.7. The van der Waals surface area contributed by atoms with Gasteiger partial charge in [-0.2, -0.15) is 0 Å². The minimum atomic E-state index is 0.780. The van der Waals surface area contributed by atoms with E-state index in [-0.39, 0.29) is 0 Å². The van der Waals surface area contributed by atoms with Crippen LogP contribution in [0.15, 0.2) is 239 Å². The summed E-state index contributed by atoms with van der Waals surface area (Å²) in [7, 11) is 0. The summed E-state index contributed by atoms with van der Waals surface area (Å²) in [5, 5.41) is 8.68. The van der Waals surface area contributed by atoms with Crippen molar-refractivity contribution in [2.45, 2.75) is 13.8 Å². The van der Waals surface area contributed by atoms with E-state index in [0.29, 0.717) is 0 Å². The maximum atomic E-state index is 6.66. The van der Waals surface area contributed by atoms with E-state index >= 15 is 0 Å². The Morgan fingerprint density at radius 1 is 0.286 bits per heavy atom. The van der Waals surface area contributed by atoms with Crippen LogP contribution in [0, 0.1) is 13.8 Å². The van der Waals surface area contributed by atoms with E-state index in [2.05, 4.69) is 163 Å². The van der Waals surface area contributed by atoms with Gasteiger partial charge in [-0.15, -0.1) is 0 Å². The van der Waals surface area contributed by atoms with Crippen molar-refractivity contribution in [1.29, 1.82) is 0 Å². The molecular weight excluding hydrogens is 861 g/mol. The zero-order chi connectivity index (χ0) is 46.7. The number of furan rings is 2. The summed E-state index contributed by atoms with van der Waals surface area (Å²) >= 11 is 0. The quantitative estimate of drug-likeness (QED) is 0.136. The summed E-state index contributed by atoms with van der Waals surface area (Å²) in [5.74, 6) is 3.17. The summed E-state index contributed by atoms with van der Waals surface area (Å²) in [5.41, 5.74) is 11.9. The highest BCUT2D eigenvalue weighted by molar-refractivity contribution is 6.18. The van der Waals surface area contributed by atoms with E-state index in [1.165, 1.54) is 11.1 Å². The molecule has 0 spiro atoms. The highest BCUT2D eigenvalue weighted by Crippen LogP contribution is 2.44. The van der Waals surface area contributed by atoms with Crippen molar-refractivity contribution in [3.63, 3.8) is 0 Å². The van der Waals surface area contributed by atoms with E-state index in [9.17, 15) is 0 Å². The van der Waals surface area contributed by atoms with Crippen LogP contribution in [0.3, 0.4) is 0 Å². The summed E-state index contributed by atoms with van der Waals surface area (Å²) in [4.78, 5) is 4.60. The van der Waals surface area contributed by atoms with Crippen molar-refractivity contribution in [2.75, 3.05) is 9.80 Å². The SMILES string of the molecule is Cc1ccccc1N(c1ccc(Oc2ccccc2)cc1)c1ccc2cc3c(cc2c1)oc1cc2oc4cc5cc(N(c6ccc(Oc7ccccc7)cc6)c6ccccc6C)ccc5cc4c2cc13. The molecule has 2 heterocycles. The second-order valence-electron chi connectivity index (χ2n) is 17.9. The minimum absolute atomic E-state index is 0.780. The van der Waals surface area contributed by atoms with Crippen LogP contribution < -0.4 is 19.3 Å². The molecule has 0 amide bonds. The molecule has 11 aromatic carbocycles. The fourth-order valence-electron chi connectivity index (χ4n) is 9.84. The number of benzene rings is 11. The van der Waals surface area contributed by atoms with Crippen LogP contribution in [-0.4, -0.2) is 0 Å². The minimum Gasteiger partial charge on any atom is -0.457 e. The molecular formula is C64H44N2O4. The third kappa shape index (κ3) is 7.39. The first-order valence-electron chi connectivity index (χ1n) is 23.5. The number of para-hydroxylation sites is 4. The largest absolute Gasteiger partial charge is 0.457 e. The van der Waals surface area contributed by atoms with Gasteiger partial charge < -0.3 is 28.1 Å². The maximum absolute atomic E-state index is 6.66. The van der Waals surface area contributed by atoms with Gasteiger partial charge in [0.1, 0.15) is 45.3 Å². The monoisotopic (exact) mass is 904 g/mol. The lowest BCUT2D eigenvalue weighted by Crippen LogP contribution is -2.11. The standard InChI is InChI=1S/C64H44N2O4/c1-41-13-9-11-19-59(41)65(47-25-29-53(30-26-47)67-51-15-5-3-6-16-51)49-23-21-43-35-55-57-39-58-56-36-44-22-24-50(34-46(44)38-62(56)70-64(58)40-63(57)69-61(55)37-45(43)33-49)66(60-20-12-10-14-42(60)2)48-27-31-54(32-28-48)68-52-17-7-4-8-18-52/h3-40H,1-2H3. The second-order valence-corrected chi connectivity index (χ2v) is 17.9. The van der Waals surface area contributed by atoms with E-state index in [1.807, 2.05) is 91.0 Å². The Labute approximate surface area is 404 Å². The molecule has 0 N–H and O–H groups in total. The number of nitrogens with zero attached hydrogens (tertiary/aromatic N) is 2. The molecule has 0 aliphatic heterocycles. The van der Waals surface area contributed by atoms with Crippen LogP contribution in [-0.2, 0) is 0 Å². The van der Waals surface area contributed by atoms with Crippen molar-refractivity contribution < 1.29 is 18.3 Å². The first kappa shape index (κ1) is 41.0. The van der Waals surface area contributed by atoms with Crippen molar-refractivity contribution in [3.05, 3.63) is 242 Å². The Hall–Kier alpha value is -9.26. The van der Waals surface area contributed by atoms with Gasteiger partial charge in [0, 0.05) is 61.7 Å². The van der Waals surface area contributed by atoms with E-state index in [0.717, 1.165) is 123 Å². The first-order valence-corrected chi connectivity index (χ1v) is 23.5. The van der Waals surface area contributed by atoms with Gasteiger partial charge in [0.05, 0.1) is 0 Å². The van der Waals surface area contributed by atoms with Gasteiger partial charge in [0.15, 0.2) is 0 Å². The Kier molecular flexibility index (Phi) is 9.84. The Morgan fingerprint density at radius 3 is 1.07 bits per heavy atom. The molecule has 6 heteroatoms. The third-order valence-corrected chi connectivity index (χ3v) is 13.3. The number of aryl methyl sites for hydroxylation is 2. The molecule has 0 aliphatic rings. The van der Waals surface area contributed by atoms with Crippen LogP contribution in [0.2, 0.25) is 0 Å². The fraction of sp³-hybridized carbons (Fsp3) is 0.0312. The van der Waals surface area contributed by atoms with E-state index in [4.69, 9.17) is 18.3 Å². The van der Waals surface area contributed by atoms with Crippen LogP contribution in [0.25, 0.3) is 65.4 Å². The smallest absolute Gasteiger partial charge is 0.139 e. The van der Waals surface area contributed by atoms with Gasteiger partial charge >= 0.3 is 0 Å². The van der Waals surface area contributed by atoms with Gasteiger partial charge in [-0.05, 0) is 186 Å². The molecule has 0 unspecified atom stereocenters. The zero-order valence-corrected chi connectivity index (χ0v) is 38.5. The topological polar surface area (TPSA) is 51.2 Å². The zero-order valence-electron chi connectivity index (χ0n) is 38.5. The lowest BCUT2D eigenvalue weighted by atomic mass is 10.0. The van der Waals surface area contributed by atoms with Crippen LogP contribution >= 0.6 is 0 Å². The molecule has 0 atom stereocenters. The molecule has 0 saturated heterocycles. The molecule has 334 valence electrons. The highest BCUT2D eigenvalue weighted by Gasteiger charge is 2.20. The van der Waals surface area contributed by atoms with Crippen LogP contribution in [0.5, 0.6) is 23.0 Å². The molecule has 0 bridgehead atoms. The van der Waals surface area contributed by atoms with Crippen molar-refractivity contribution >= 4 is 99.5 Å². The van der Waals surface area contributed by atoms with Gasteiger partial charge in [-0.25, -0.2) is 0 Å². The lowest BCUT2D eigenvalue weighted by Gasteiger charge is -2.27. The number of ether oxygens (including phenoxy) is 2. The Balaban J connectivity index is 0.850. The van der Waals surface area contributed by atoms with Crippen molar-refractivity contribution in [3.8, 4) is 23.0 Å². The van der Waals surface area contributed by atoms with Crippen molar-refractivity contribution in [1.82, 2.24) is 0 Å². The first-order chi connectivity index (χ1) is 34.5. The molecule has 13 aromatic rings. The molecule has 6 nitrogen and oxygen atoms in total. The predicted molar refractivity (Wildman–Crippen MR) is 288 cm³/mol. The molecule has 13 rings (SSSR count). The highest BCUT2D eigenvalue weighted by atomic mass is 16.5. The fourth-order valence-corrected chi connectivity index (χ4v) is 9.84. The predicted octanol–water partition coefficient (Wildman–Crippen LogP) is 18.9. The Bertz CT molecular complexity index is 3820. The maximum Gasteiger partial charge on any atom is 0.139 e. The van der Waals surface area contributed by atoms with E-state index in [1.54, 1.807) is 0 Å². The molecule has 0 saturated carbocycles. The average molecular weight is 905 g/mol. The van der Waals surface area contributed by atoms with Gasteiger partial charge in [-0.1, -0.05) is 84.9 Å². The molecule has 0 fully saturated rings. The van der Waals surface area contributed by atoms with Gasteiger partial charge in [-0.3, -0.25) is 0 Å².